The number of likely N-dealkylation sites (tertiary alicyclic amines) is 1. The Hall–Kier alpha value is -1.55. The molecule has 116 valence electrons. The third kappa shape index (κ3) is 5.76. The molecule has 1 fully saturated rings. The van der Waals surface area contributed by atoms with Gasteiger partial charge in [0.25, 0.3) is 0 Å². The first-order valence-electron chi connectivity index (χ1n) is 8.03. The Kier molecular flexibility index (Phi) is 6.54. The van der Waals surface area contributed by atoms with Crippen LogP contribution < -0.4 is 10.1 Å². The number of unbranched alkanes of at least 4 members (excludes halogenated alkanes) is 1. The summed E-state index contributed by atoms with van der Waals surface area (Å²) in [5, 5.41) is 2.96. The standard InChI is InChI=1S/C17H26N2O2/c1-2-3-12-21-16-9-7-8-15(13-16)18-17(20)14-19-10-5-4-6-11-19/h7-9,13H,2-6,10-12,14H2,1H3,(H,18,20). The van der Waals surface area contributed by atoms with E-state index in [1.165, 1.54) is 19.3 Å². The normalized spacial score (nSPS) is 15.7. The van der Waals surface area contributed by atoms with Crippen molar-refractivity contribution in [3.8, 4) is 5.75 Å². The van der Waals surface area contributed by atoms with Crippen LogP contribution in [-0.4, -0.2) is 37.0 Å². The van der Waals surface area contributed by atoms with Gasteiger partial charge in [-0.05, 0) is 44.5 Å². The van der Waals surface area contributed by atoms with E-state index < -0.39 is 0 Å². The number of benzene rings is 1. The van der Waals surface area contributed by atoms with Crippen molar-refractivity contribution >= 4 is 11.6 Å². The first kappa shape index (κ1) is 15.8. The number of rotatable bonds is 7. The van der Waals surface area contributed by atoms with Crippen molar-refractivity contribution in [2.24, 2.45) is 0 Å². The number of amides is 1. The largest absolute Gasteiger partial charge is 0.494 e. The molecule has 1 saturated heterocycles. The molecule has 1 amide bonds. The van der Waals surface area contributed by atoms with Crippen molar-refractivity contribution < 1.29 is 9.53 Å². The van der Waals surface area contributed by atoms with E-state index >= 15 is 0 Å². The maximum atomic E-state index is 12.1. The van der Waals surface area contributed by atoms with E-state index in [0.717, 1.165) is 44.0 Å². The Morgan fingerprint density at radius 3 is 2.86 bits per heavy atom. The number of nitrogens with zero attached hydrogens (tertiary/aromatic N) is 1. The molecule has 1 heterocycles. The zero-order valence-corrected chi connectivity index (χ0v) is 12.9. The summed E-state index contributed by atoms with van der Waals surface area (Å²) in [6, 6.07) is 7.64. The lowest BCUT2D eigenvalue weighted by Crippen LogP contribution is -2.36. The van der Waals surface area contributed by atoms with Gasteiger partial charge < -0.3 is 10.1 Å². The van der Waals surface area contributed by atoms with Crippen LogP contribution in [0.15, 0.2) is 24.3 Å². The zero-order valence-electron chi connectivity index (χ0n) is 12.9. The van der Waals surface area contributed by atoms with Crippen molar-refractivity contribution in [1.82, 2.24) is 4.90 Å². The van der Waals surface area contributed by atoms with E-state index in [1.807, 2.05) is 24.3 Å². The van der Waals surface area contributed by atoms with Crippen molar-refractivity contribution in [2.45, 2.75) is 39.0 Å². The van der Waals surface area contributed by atoms with Gasteiger partial charge in [0, 0.05) is 11.8 Å². The van der Waals surface area contributed by atoms with E-state index in [1.54, 1.807) is 0 Å². The Morgan fingerprint density at radius 1 is 1.29 bits per heavy atom. The van der Waals surface area contributed by atoms with Crippen LogP contribution in [0.2, 0.25) is 0 Å². The minimum atomic E-state index is 0.0580. The van der Waals surface area contributed by atoms with Crippen LogP contribution in [0, 0.1) is 0 Å². The summed E-state index contributed by atoms with van der Waals surface area (Å²) in [6.07, 6.45) is 5.86. The van der Waals surface area contributed by atoms with Crippen LogP contribution >= 0.6 is 0 Å². The molecular formula is C17H26N2O2. The molecule has 4 heteroatoms. The number of anilines is 1. The molecule has 0 aliphatic carbocycles. The fourth-order valence-electron chi connectivity index (χ4n) is 2.52. The summed E-state index contributed by atoms with van der Waals surface area (Å²) >= 11 is 0. The van der Waals surface area contributed by atoms with E-state index in [9.17, 15) is 4.79 Å². The quantitative estimate of drug-likeness (QED) is 0.783. The third-order valence-corrected chi connectivity index (χ3v) is 3.70. The highest BCUT2D eigenvalue weighted by Crippen LogP contribution is 2.18. The first-order chi connectivity index (χ1) is 10.3. The van der Waals surface area contributed by atoms with E-state index in [-0.39, 0.29) is 5.91 Å². The molecule has 0 spiro atoms. The highest BCUT2D eigenvalue weighted by atomic mass is 16.5. The molecule has 0 atom stereocenters. The molecule has 0 bridgehead atoms. The molecule has 1 aromatic rings. The van der Waals surface area contributed by atoms with Crippen molar-refractivity contribution in [2.75, 3.05) is 31.6 Å². The van der Waals surface area contributed by atoms with Gasteiger partial charge in [0.1, 0.15) is 5.75 Å². The molecule has 1 aliphatic heterocycles. The van der Waals surface area contributed by atoms with E-state index in [2.05, 4.69) is 17.1 Å². The smallest absolute Gasteiger partial charge is 0.238 e. The van der Waals surface area contributed by atoms with Crippen molar-refractivity contribution in [3.05, 3.63) is 24.3 Å². The fraction of sp³-hybridized carbons (Fsp3) is 0.588. The molecule has 1 aromatic carbocycles. The van der Waals surface area contributed by atoms with Crippen LogP contribution in [0.25, 0.3) is 0 Å². The molecule has 1 N–H and O–H groups in total. The Labute approximate surface area is 127 Å². The topological polar surface area (TPSA) is 41.6 Å². The molecule has 2 rings (SSSR count). The number of carbonyl (C=O) groups is 1. The van der Waals surface area contributed by atoms with Gasteiger partial charge >= 0.3 is 0 Å². The molecule has 0 radical (unpaired) electrons. The van der Waals surface area contributed by atoms with Gasteiger partial charge in [-0.3, -0.25) is 9.69 Å². The monoisotopic (exact) mass is 290 g/mol. The maximum Gasteiger partial charge on any atom is 0.238 e. The van der Waals surface area contributed by atoms with Crippen LogP contribution in [-0.2, 0) is 4.79 Å². The summed E-state index contributed by atoms with van der Waals surface area (Å²) in [4.78, 5) is 14.3. The number of ether oxygens (including phenoxy) is 1. The third-order valence-electron chi connectivity index (χ3n) is 3.70. The summed E-state index contributed by atoms with van der Waals surface area (Å²) in [6.45, 7) is 5.42. The lowest BCUT2D eigenvalue weighted by molar-refractivity contribution is -0.117. The number of hydrogen-bond acceptors (Lipinski definition) is 3. The molecular weight excluding hydrogens is 264 g/mol. The number of hydrogen-bond donors (Lipinski definition) is 1. The lowest BCUT2D eigenvalue weighted by Gasteiger charge is -2.25. The van der Waals surface area contributed by atoms with Crippen molar-refractivity contribution in [3.63, 3.8) is 0 Å². The van der Waals surface area contributed by atoms with Crippen LogP contribution in [0.3, 0.4) is 0 Å². The lowest BCUT2D eigenvalue weighted by atomic mass is 10.1. The van der Waals surface area contributed by atoms with Gasteiger partial charge in [-0.2, -0.15) is 0 Å². The number of carbonyl (C=O) groups excluding carboxylic acids is 1. The average molecular weight is 290 g/mol. The summed E-state index contributed by atoms with van der Waals surface area (Å²) in [5.41, 5.74) is 0.811. The van der Waals surface area contributed by atoms with Gasteiger partial charge in [0.15, 0.2) is 0 Å². The molecule has 0 saturated carbocycles. The second-order valence-corrected chi connectivity index (χ2v) is 5.61. The zero-order chi connectivity index (χ0) is 14.9. The summed E-state index contributed by atoms with van der Waals surface area (Å²) < 4.78 is 5.66. The maximum absolute atomic E-state index is 12.1. The molecule has 4 nitrogen and oxygen atoms in total. The van der Waals surface area contributed by atoms with Gasteiger partial charge in [0.2, 0.25) is 5.91 Å². The minimum Gasteiger partial charge on any atom is -0.494 e. The SMILES string of the molecule is CCCCOc1cccc(NC(=O)CN2CCCCC2)c1. The van der Waals surface area contributed by atoms with Crippen LogP contribution in [0.5, 0.6) is 5.75 Å². The summed E-state index contributed by atoms with van der Waals surface area (Å²) in [7, 11) is 0. The Bertz CT molecular complexity index is 442. The van der Waals surface area contributed by atoms with Crippen LogP contribution in [0.4, 0.5) is 5.69 Å². The predicted octanol–water partition coefficient (Wildman–Crippen LogP) is 3.29. The molecule has 0 aromatic heterocycles. The number of piperidine rings is 1. The minimum absolute atomic E-state index is 0.0580. The Balaban J connectivity index is 1.80. The van der Waals surface area contributed by atoms with Gasteiger partial charge in [-0.15, -0.1) is 0 Å². The van der Waals surface area contributed by atoms with E-state index in [0.29, 0.717) is 6.54 Å². The van der Waals surface area contributed by atoms with Gasteiger partial charge in [-0.1, -0.05) is 25.8 Å². The molecule has 0 unspecified atom stereocenters. The molecule has 21 heavy (non-hydrogen) atoms. The first-order valence-corrected chi connectivity index (χ1v) is 8.03. The predicted molar refractivity (Wildman–Crippen MR) is 85.8 cm³/mol. The second-order valence-electron chi connectivity index (χ2n) is 5.61. The average Bonchev–Trinajstić information content (AvgIpc) is 2.49. The summed E-state index contributed by atoms with van der Waals surface area (Å²) in [5.74, 6) is 0.877. The molecule has 1 aliphatic rings. The second kappa shape index (κ2) is 8.67. The van der Waals surface area contributed by atoms with Gasteiger partial charge in [0.05, 0.1) is 13.2 Å². The van der Waals surface area contributed by atoms with Gasteiger partial charge in [-0.25, -0.2) is 0 Å². The van der Waals surface area contributed by atoms with E-state index in [4.69, 9.17) is 4.74 Å². The number of nitrogens with one attached hydrogen (secondary N) is 1. The highest BCUT2D eigenvalue weighted by Gasteiger charge is 2.13. The Morgan fingerprint density at radius 2 is 2.10 bits per heavy atom. The van der Waals surface area contributed by atoms with Crippen LogP contribution in [0.1, 0.15) is 39.0 Å². The highest BCUT2D eigenvalue weighted by molar-refractivity contribution is 5.92. The van der Waals surface area contributed by atoms with Crippen molar-refractivity contribution in [1.29, 1.82) is 0 Å². The fourth-order valence-corrected chi connectivity index (χ4v) is 2.52.